The fourth-order valence-electron chi connectivity index (χ4n) is 7.24. The van der Waals surface area contributed by atoms with Crippen molar-refractivity contribution in [1.29, 1.82) is 0 Å². The Bertz CT molecular complexity index is 1600. The Morgan fingerprint density at radius 3 is 2.04 bits per heavy atom. The minimum absolute atomic E-state index is 0.0700. The maximum atomic E-state index is 14.4. The quantitative estimate of drug-likeness (QED) is 0.126. The summed E-state index contributed by atoms with van der Waals surface area (Å²) >= 11 is 3.68. The normalized spacial score (nSPS) is 28.0. The summed E-state index contributed by atoms with van der Waals surface area (Å²) in [7, 11) is 1.02. The molecule has 2 bridgehead atoms. The van der Waals surface area contributed by atoms with Gasteiger partial charge in [0.2, 0.25) is 11.8 Å². The second-order valence-corrected chi connectivity index (χ2v) is 12.9. The molecule has 45 heavy (non-hydrogen) atoms. The van der Waals surface area contributed by atoms with Crippen molar-refractivity contribution in [3.05, 3.63) is 71.8 Å². The Hall–Kier alpha value is -3.84. The van der Waals surface area contributed by atoms with Crippen molar-refractivity contribution in [2.45, 2.75) is 49.7 Å². The van der Waals surface area contributed by atoms with E-state index in [4.69, 9.17) is 0 Å². The number of hydrogen-bond donors (Lipinski definition) is 1. The number of nitrogens with zero attached hydrogens (tertiary/aromatic N) is 1. The van der Waals surface area contributed by atoms with Gasteiger partial charge in [-0.3, -0.25) is 24.1 Å². The molecule has 3 aliphatic rings. The molecule has 9 nitrogen and oxygen atoms in total. The van der Waals surface area contributed by atoms with E-state index in [9.17, 15) is 37.1 Å². The second-order valence-electron chi connectivity index (χ2n) is 11.7. The van der Waals surface area contributed by atoms with Crippen LogP contribution < -0.4 is 5.48 Å². The number of amides is 2. The first-order valence-electron chi connectivity index (χ1n) is 14.2. The fourth-order valence-corrected chi connectivity index (χ4v) is 8.48. The van der Waals surface area contributed by atoms with E-state index in [1.165, 1.54) is 0 Å². The molecule has 4 unspecified atom stereocenters. The predicted molar refractivity (Wildman–Crippen MR) is 158 cm³/mol. The minimum atomic E-state index is -5.27. The Morgan fingerprint density at radius 2 is 1.51 bits per heavy atom. The number of carbonyl (C=O) groups is 5. The number of nitrogens with one attached hydrogen (secondary N) is 1. The van der Waals surface area contributed by atoms with E-state index in [-0.39, 0.29) is 31.6 Å². The monoisotopic (exact) mass is 690 g/mol. The van der Waals surface area contributed by atoms with E-state index in [0.717, 1.165) is 23.1 Å². The number of hydroxylamine groups is 1. The summed E-state index contributed by atoms with van der Waals surface area (Å²) < 4.78 is 40.6. The zero-order valence-electron chi connectivity index (χ0n) is 24.6. The third kappa shape index (κ3) is 4.73. The number of hydrogen-bond acceptors (Lipinski definition) is 8. The molecule has 2 fully saturated rings. The molecule has 2 aromatic rings. The summed E-state index contributed by atoms with van der Waals surface area (Å²) in [6.45, 7) is 3.37. The summed E-state index contributed by atoms with van der Waals surface area (Å²) in [6.07, 6.45) is -5.08. The third-order valence-electron chi connectivity index (χ3n) is 9.23. The average Bonchev–Trinajstić information content (AvgIpc) is 3.40. The lowest BCUT2D eigenvalue weighted by Gasteiger charge is -2.41. The van der Waals surface area contributed by atoms with Gasteiger partial charge in [-0.05, 0) is 55.4 Å². The van der Waals surface area contributed by atoms with Gasteiger partial charge in [-0.15, -0.1) is 5.48 Å². The summed E-state index contributed by atoms with van der Waals surface area (Å²) in [6, 6.07) is 17.2. The SMILES string of the molecule is COC(=O)[C@H](CCCCN1C(=O)C2C3(C)C(=O)C(C)(C(c4ccccc4)=C3c3ccccc3)C2(Br)C1=O)NOC(=O)C(F)(F)F. The number of imide groups is 1. The van der Waals surface area contributed by atoms with Gasteiger partial charge in [0.15, 0.2) is 5.78 Å². The lowest BCUT2D eigenvalue weighted by Crippen LogP contribution is -2.50. The number of fused-ring (bicyclic) bond motifs is 5. The lowest BCUT2D eigenvalue weighted by molar-refractivity contribution is -0.209. The molecule has 0 aromatic heterocycles. The van der Waals surface area contributed by atoms with Crippen LogP contribution in [-0.2, 0) is 33.5 Å². The number of methoxy groups -OCH3 is 1. The summed E-state index contributed by atoms with van der Waals surface area (Å²) in [5.74, 6) is -5.82. The zero-order chi connectivity index (χ0) is 32.9. The van der Waals surface area contributed by atoms with Gasteiger partial charge in [0.25, 0.3) is 0 Å². The van der Waals surface area contributed by atoms with Crippen LogP contribution >= 0.6 is 15.9 Å². The van der Waals surface area contributed by atoms with E-state index in [0.29, 0.717) is 11.1 Å². The number of benzene rings is 2. The van der Waals surface area contributed by atoms with Crippen molar-refractivity contribution in [3.63, 3.8) is 0 Å². The Morgan fingerprint density at radius 1 is 0.956 bits per heavy atom. The molecule has 238 valence electrons. The number of alkyl halides is 4. The van der Waals surface area contributed by atoms with Gasteiger partial charge in [-0.2, -0.15) is 13.2 Å². The molecule has 1 N–H and O–H groups in total. The van der Waals surface area contributed by atoms with Crippen molar-refractivity contribution < 1.29 is 46.7 Å². The van der Waals surface area contributed by atoms with Crippen molar-refractivity contribution >= 4 is 56.6 Å². The van der Waals surface area contributed by atoms with E-state index in [1.807, 2.05) is 60.7 Å². The summed E-state index contributed by atoms with van der Waals surface area (Å²) in [5, 5.41) is 0. The molecule has 2 aromatic carbocycles. The van der Waals surface area contributed by atoms with Crippen LogP contribution in [0.15, 0.2) is 60.7 Å². The first-order chi connectivity index (χ1) is 21.2. The number of halogens is 4. The first-order valence-corrected chi connectivity index (χ1v) is 15.0. The van der Waals surface area contributed by atoms with Crippen molar-refractivity contribution in [3.8, 4) is 0 Å². The van der Waals surface area contributed by atoms with Gasteiger partial charge >= 0.3 is 18.1 Å². The Balaban J connectivity index is 1.41. The molecule has 2 aliphatic carbocycles. The molecule has 5 atom stereocenters. The van der Waals surface area contributed by atoms with Crippen LogP contribution in [0.25, 0.3) is 11.1 Å². The number of Topliss-reactive ketones (excluding diaryl/α,β-unsaturated/α-hetero) is 1. The molecule has 5 rings (SSSR count). The van der Waals surface area contributed by atoms with E-state index < -0.39 is 57.0 Å². The van der Waals surface area contributed by atoms with Crippen LogP contribution in [0.1, 0.15) is 44.2 Å². The molecule has 0 spiro atoms. The van der Waals surface area contributed by atoms with Crippen LogP contribution in [-0.4, -0.2) is 64.6 Å². The highest BCUT2D eigenvalue weighted by Gasteiger charge is 2.85. The molecular weight excluding hydrogens is 661 g/mol. The molecule has 1 saturated heterocycles. The highest BCUT2D eigenvalue weighted by atomic mass is 79.9. The number of carbonyl (C=O) groups excluding carboxylic acids is 5. The van der Waals surface area contributed by atoms with Gasteiger partial charge in [0.05, 0.1) is 23.9 Å². The number of esters is 1. The number of likely N-dealkylation sites (tertiary alicyclic amines) is 1. The molecule has 13 heteroatoms. The largest absolute Gasteiger partial charge is 0.492 e. The Kier molecular flexibility index (Phi) is 8.32. The highest BCUT2D eigenvalue weighted by Crippen LogP contribution is 2.77. The number of allylic oxidation sites excluding steroid dienone is 2. The molecule has 1 heterocycles. The minimum Gasteiger partial charge on any atom is -0.468 e. The van der Waals surface area contributed by atoms with Crippen LogP contribution in [0.5, 0.6) is 0 Å². The maximum Gasteiger partial charge on any atom is 0.492 e. The van der Waals surface area contributed by atoms with Crippen LogP contribution in [0.3, 0.4) is 0 Å². The fraction of sp³-hybridized carbons (Fsp3) is 0.406. The van der Waals surface area contributed by atoms with Gasteiger partial charge in [0.1, 0.15) is 10.4 Å². The van der Waals surface area contributed by atoms with Gasteiger partial charge < -0.3 is 9.57 Å². The smallest absolute Gasteiger partial charge is 0.468 e. The van der Waals surface area contributed by atoms with E-state index in [2.05, 4.69) is 25.5 Å². The lowest BCUT2D eigenvalue weighted by atomic mass is 9.63. The average molecular weight is 691 g/mol. The molecule has 2 amide bonds. The number of ketones is 1. The standard InChI is InChI=1S/C32H30BrF3N2O7/c1-29-21(18-12-6-4-7-13-18)22(19-14-8-5-9-15-19)30(2,26(29)41)31(33)23(29)24(39)38(27(31)42)17-11-10-16-20(25(40)44-3)37-45-28(43)32(34,35)36/h4-9,12-15,20,23,37H,10-11,16-17H2,1-3H3/t20-,23?,29?,30?,31?/m0/s1. The zero-order valence-corrected chi connectivity index (χ0v) is 26.2. The van der Waals surface area contributed by atoms with Crippen LogP contribution in [0.2, 0.25) is 0 Å². The van der Waals surface area contributed by atoms with E-state index >= 15 is 0 Å². The van der Waals surface area contributed by atoms with E-state index in [1.54, 1.807) is 19.3 Å². The number of ether oxygens (including phenoxy) is 1. The molecular formula is C32H30BrF3N2O7. The van der Waals surface area contributed by atoms with Crippen molar-refractivity contribution in [1.82, 2.24) is 10.4 Å². The first kappa shape index (κ1) is 32.6. The van der Waals surface area contributed by atoms with Gasteiger partial charge in [0, 0.05) is 6.54 Å². The van der Waals surface area contributed by atoms with Crippen LogP contribution in [0.4, 0.5) is 13.2 Å². The van der Waals surface area contributed by atoms with Gasteiger partial charge in [-0.25, -0.2) is 4.79 Å². The summed E-state index contributed by atoms with van der Waals surface area (Å²) in [5.41, 5.74) is 1.97. The highest BCUT2D eigenvalue weighted by molar-refractivity contribution is 9.10. The van der Waals surface area contributed by atoms with Crippen LogP contribution in [0, 0.1) is 16.7 Å². The summed E-state index contributed by atoms with van der Waals surface area (Å²) in [4.78, 5) is 71.0. The third-order valence-corrected chi connectivity index (χ3v) is 10.8. The second kappa shape index (κ2) is 11.5. The van der Waals surface area contributed by atoms with Crippen molar-refractivity contribution in [2.75, 3.05) is 13.7 Å². The van der Waals surface area contributed by atoms with Crippen molar-refractivity contribution in [2.24, 2.45) is 16.7 Å². The maximum absolute atomic E-state index is 14.4. The number of rotatable bonds is 10. The number of unbranched alkanes of at least 4 members (excludes halogenated alkanes) is 1. The Labute approximate surface area is 265 Å². The predicted octanol–water partition coefficient (Wildman–Crippen LogP) is 4.65. The van der Waals surface area contributed by atoms with Gasteiger partial charge in [-0.1, -0.05) is 76.6 Å². The molecule has 1 aliphatic heterocycles. The molecule has 0 radical (unpaired) electrons. The topological polar surface area (TPSA) is 119 Å². The molecule has 1 saturated carbocycles.